The number of primary amides is 1. The summed E-state index contributed by atoms with van der Waals surface area (Å²) >= 11 is 0. The number of esters is 1. The van der Waals surface area contributed by atoms with Gasteiger partial charge in [0.25, 0.3) is 5.91 Å². The molecule has 0 aliphatic carbocycles. The molecule has 6 heteroatoms. The summed E-state index contributed by atoms with van der Waals surface area (Å²) in [5.74, 6) is -1.53. The number of amides is 2. The Bertz CT molecular complexity index is 696. The van der Waals surface area contributed by atoms with E-state index in [4.69, 9.17) is 10.5 Å². The van der Waals surface area contributed by atoms with Crippen molar-refractivity contribution in [2.24, 2.45) is 17.6 Å². The fourth-order valence-electron chi connectivity index (χ4n) is 3.08. The second kappa shape index (κ2) is 11.3. The van der Waals surface area contributed by atoms with Crippen LogP contribution in [-0.4, -0.2) is 35.3 Å². The lowest BCUT2D eigenvalue weighted by Gasteiger charge is -2.33. The number of carbonyl (C=O) groups excluding carboxylic acids is 3. The van der Waals surface area contributed by atoms with Crippen molar-refractivity contribution in [3.63, 3.8) is 0 Å². The summed E-state index contributed by atoms with van der Waals surface area (Å²) in [6.07, 6.45) is 1.61. The van der Waals surface area contributed by atoms with Gasteiger partial charge >= 0.3 is 5.97 Å². The summed E-state index contributed by atoms with van der Waals surface area (Å²) in [4.78, 5) is 39.1. The SMILES string of the molecule is CCOC(=O)CC(=CC(C)C)C(=O)N(Cc1ccccc1)[C@H](C(N)=O)C(C)C. The van der Waals surface area contributed by atoms with Crippen LogP contribution >= 0.6 is 0 Å². The molecule has 0 fully saturated rings. The fraction of sp³-hybridized carbons (Fsp3) is 0.500. The largest absolute Gasteiger partial charge is 0.466 e. The number of carbonyl (C=O) groups is 3. The lowest BCUT2D eigenvalue weighted by Crippen LogP contribution is -2.51. The Balaban J connectivity index is 3.32. The molecule has 1 aromatic carbocycles. The molecule has 1 aromatic rings. The molecule has 2 N–H and O–H groups in total. The number of benzene rings is 1. The summed E-state index contributed by atoms with van der Waals surface area (Å²) in [6.45, 7) is 9.72. The molecular weight excluding hydrogens is 356 g/mol. The third kappa shape index (κ3) is 7.18. The average molecular weight is 389 g/mol. The van der Waals surface area contributed by atoms with Gasteiger partial charge < -0.3 is 15.4 Å². The van der Waals surface area contributed by atoms with Crippen LogP contribution in [0.1, 0.15) is 46.6 Å². The van der Waals surface area contributed by atoms with Gasteiger partial charge in [-0.25, -0.2) is 0 Å². The van der Waals surface area contributed by atoms with Gasteiger partial charge in [-0.15, -0.1) is 0 Å². The first-order valence-corrected chi connectivity index (χ1v) is 9.67. The zero-order valence-corrected chi connectivity index (χ0v) is 17.5. The number of nitrogens with zero attached hydrogens (tertiary/aromatic N) is 1. The molecular formula is C22H32N2O4. The molecule has 0 unspecified atom stereocenters. The second-order valence-electron chi connectivity index (χ2n) is 7.43. The number of hydrogen-bond acceptors (Lipinski definition) is 4. The molecule has 0 saturated heterocycles. The van der Waals surface area contributed by atoms with E-state index in [2.05, 4.69) is 0 Å². The maximum atomic E-state index is 13.4. The Morgan fingerprint density at radius 2 is 1.71 bits per heavy atom. The standard InChI is InChI=1S/C22H32N2O4/c1-6-28-19(25)13-18(12-15(2)3)22(27)24(20(16(4)5)21(23)26)14-17-10-8-7-9-11-17/h7-12,15-16,20H,6,13-14H2,1-5H3,(H2,23,26)/t20-/m0/s1. The zero-order valence-electron chi connectivity index (χ0n) is 17.5. The van der Waals surface area contributed by atoms with Crippen molar-refractivity contribution in [1.82, 2.24) is 4.90 Å². The van der Waals surface area contributed by atoms with E-state index in [1.165, 1.54) is 4.90 Å². The number of ether oxygens (including phenoxy) is 1. The van der Waals surface area contributed by atoms with Crippen LogP contribution < -0.4 is 5.73 Å². The molecule has 2 amide bonds. The van der Waals surface area contributed by atoms with Crippen LogP contribution in [0.4, 0.5) is 0 Å². The van der Waals surface area contributed by atoms with E-state index in [0.717, 1.165) is 5.56 Å². The maximum Gasteiger partial charge on any atom is 0.310 e. The molecule has 6 nitrogen and oxygen atoms in total. The van der Waals surface area contributed by atoms with Crippen LogP contribution in [0.25, 0.3) is 0 Å². The minimum absolute atomic E-state index is 0.0537. The van der Waals surface area contributed by atoms with E-state index < -0.39 is 17.9 Å². The van der Waals surface area contributed by atoms with E-state index in [1.54, 1.807) is 13.0 Å². The average Bonchev–Trinajstić information content (AvgIpc) is 2.60. The van der Waals surface area contributed by atoms with Crippen molar-refractivity contribution in [2.45, 2.75) is 53.6 Å². The van der Waals surface area contributed by atoms with Gasteiger partial charge in [0.1, 0.15) is 6.04 Å². The highest BCUT2D eigenvalue weighted by atomic mass is 16.5. The molecule has 1 atom stereocenters. The molecule has 28 heavy (non-hydrogen) atoms. The molecule has 0 spiro atoms. The third-order valence-corrected chi connectivity index (χ3v) is 4.16. The molecule has 0 saturated carbocycles. The number of allylic oxidation sites excluding steroid dienone is 1. The predicted octanol–water partition coefficient (Wildman–Crippen LogP) is 3.06. The van der Waals surface area contributed by atoms with Crippen molar-refractivity contribution in [3.8, 4) is 0 Å². The topological polar surface area (TPSA) is 89.7 Å². The van der Waals surface area contributed by atoms with Gasteiger partial charge in [-0.05, 0) is 24.3 Å². The van der Waals surface area contributed by atoms with Crippen LogP contribution in [0.2, 0.25) is 0 Å². The quantitative estimate of drug-likeness (QED) is 0.493. The van der Waals surface area contributed by atoms with Gasteiger partial charge in [-0.2, -0.15) is 0 Å². The van der Waals surface area contributed by atoms with Crippen molar-refractivity contribution in [1.29, 1.82) is 0 Å². The number of rotatable bonds is 10. The molecule has 0 radical (unpaired) electrons. The lowest BCUT2D eigenvalue weighted by molar-refractivity contribution is -0.144. The summed E-state index contributed by atoms with van der Waals surface area (Å²) in [5.41, 5.74) is 6.83. The minimum Gasteiger partial charge on any atom is -0.466 e. The first-order chi connectivity index (χ1) is 13.2. The maximum absolute atomic E-state index is 13.4. The first kappa shape index (κ1) is 23.4. The highest BCUT2D eigenvalue weighted by Crippen LogP contribution is 2.21. The Labute approximate surface area is 167 Å². The van der Waals surface area contributed by atoms with Gasteiger partial charge in [0.05, 0.1) is 13.0 Å². The van der Waals surface area contributed by atoms with Gasteiger partial charge in [0, 0.05) is 12.1 Å². The van der Waals surface area contributed by atoms with Gasteiger partial charge in [-0.1, -0.05) is 64.1 Å². The van der Waals surface area contributed by atoms with Gasteiger partial charge in [-0.3, -0.25) is 14.4 Å². The Hall–Kier alpha value is -2.63. The molecule has 1 rings (SSSR count). The van der Waals surface area contributed by atoms with Crippen molar-refractivity contribution >= 4 is 17.8 Å². The molecule has 0 aliphatic heterocycles. The molecule has 0 heterocycles. The number of hydrogen-bond donors (Lipinski definition) is 1. The van der Waals surface area contributed by atoms with E-state index in [-0.39, 0.29) is 37.3 Å². The smallest absolute Gasteiger partial charge is 0.310 e. The molecule has 0 bridgehead atoms. The fourth-order valence-corrected chi connectivity index (χ4v) is 3.08. The van der Waals surface area contributed by atoms with Crippen molar-refractivity contribution < 1.29 is 19.1 Å². The monoisotopic (exact) mass is 388 g/mol. The second-order valence-corrected chi connectivity index (χ2v) is 7.43. The molecule has 154 valence electrons. The van der Waals surface area contributed by atoms with Crippen LogP contribution in [0.3, 0.4) is 0 Å². The summed E-state index contributed by atoms with van der Waals surface area (Å²) in [5, 5.41) is 0. The van der Waals surface area contributed by atoms with E-state index in [1.807, 2.05) is 58.0 Å². The Morgan fingerprint density at radius 3 is 2.18 bits per heavy atom. The van der Waals surface area contributed by atoms with E-state index >= 15 is 0 Å². The predicted molar refractivity (Wildman–Crippen MR) is 109 cm³/mol. The minimum atomic E-state index is -0.787. The zero-order chi connectivity index (χ0) is 21.3. The summed E-state index contributed by atoms with van der Waals surface area (Å²) < 4.78 is 5.02. The highest BCUT2D eigenvalue weighted by Gasteiger charge is 2.33. The highest BCUT2D eigenvalue weighted by molar-refractivity contribution is 6.00. The van der Waals surface area contributed by atoms with E-state index in [9.17, 15) is 14.4 Å². The Kier molecular flexibility index (Phi) is 9.42. The van der Waals surface area contributed by atoms with Crippen molar-refractivity contribution in [3.05, 3.63) is 47.5 Å². The molecule has 0 aromatic heterocycles. The Morgan fingerprint density at radius 1 is 1.11 bits per heavy atom. The van der Waals surface area contributed by atoms with E-state index in [0.29, 0.717) is 5.57 Å². The van der Waals surface area contributed by atoms with Crippen LogP contribution in [0.5, 0.6) is 0 Å². The first-order valence-electron chi connectivity index (χ1n) is 9.67. The lowest BCUT2D eigenvalue weighted by atomic mass is 9.98. The number of nitrogens with two attached hydrogens (primary N) is 1. The van der Waals surface area contributed by atoms with Crippen LogP contribution in [0, 0.1) is 11.8 Å². The third-order valence-electron chi connectivity index (χ3n) is 4.16. The molecule has 0 aliphatic rings. The van der Waals surface area contributed by atoms with Gasteiger partial charge in [0.15, 0.2) is 0 Å². The normalized spacial score (nSPS) is 12.8. The van der Waals surface area contributed by atoms with Gasteiger partial charge in [0.2, 0.25) is 5.91 Å². The van der Waals surface area contributed by atoms with Crippen LogP contribution in [0.15, 0.2) is 42.0 Å². The summed E-state index contributed by atoms with van der Waals surface area (Å²) in [7, 11) is 0. The van der Waals surface area contributed by atoms with Crippen molar-refractivity contribution in [2.75, 3.05) is 6.61 Å². The van der Waals surface area contributed by atoms with Crippen LogP contribution in [-0.2, 0) is 25.7 Å². The summed E-state index contributed by atoms with van der Waals surface area (Å²) in [6, 6.07) is 8.61.